The van der Waals surface area contributed by atoms with Gasteiger partial charge in [0.05, 0.1) is 0 Å². The van der Waals surface area contributed by atoms with E-state index in [0.29, 0.717) is 5.92 Å². The van der Waals surface area contributed by atoms with Crippen molar-refractivity contribution < 1.29 is 0 Å². The molecule has 2 unspecified atom stereocenters. The molecular formula is C20H37IN4S. The molecule has 0 bridgehead atoms. The Balaban J connectivity index is 0.00000338. The number of guanidine groups is 1. The van der Waals surface area contributed by atoms with Gasteiger partial charge < -0.3 is 15.5 Å². The average Bonchev–Trinajstić information content (AvgIpc) is 3.07. The number of aliphatic imine (C=N–C) groups is 1. The molecule has 4 nitrogen and oxygen atoms in total. The molecule has 2 N–H and O–H groups in total. The third-order valence-electron chi connectivity index (χ3n) is 4.76. The first-order valence-electron chi connectivity index (χ1n) is 9.76. The van der Waals surface area contributed by atoms with Crippen LogP contribution in [-0.4, -0.2) is 50.6 Å². The number of thiophene rings is 1. The Morgan fingerprint density at radius 2 is 2.15 bits per heavy atom. The van der Waals surface area contributed by atoms with Gasteiger partial charge in [-0.3, -0.25) is 4.99 Å². The van der Waals surface area contributed by atoms with Gasteiger partial charge in [0, 0.05) is 38.1 Å². The van der Waals surface area contributed by atoms with Crippen molar-refractivity contribution in [1.82, 2.24) is 15.5 Å². The molecule has 2 atom stereocenters. The third kappa shape index (κ3) is 9.04. The van der Waals surface area contributed by atoms with Crippen LogP contribution in [0.1, 0.15) is 38.5 Å². The SMILES string of the molecule is CN=C(NCC(C)Cc1cccs1)NCC1CCCN(CC(C)C)C1.I. The van der Waals surface area contributed by atoms with Gasteiger partial charge in [-0.15, -0.1) is 35.3 Å². The summed E-state index contributed by atoms with van der Waals surface area (Å²) in [6.07, 6.45) is 3.78. The van der Waals surface area contributed by atoms with E-state index in [4.69, 9.17) is 0 Å². The van der Waals surface area contributed by atoms with Crippen molar-refractivity contribution in [3.05, 3.63) is 22.4 Å². The maximum atomic E-state index is 4.39. The lowest BCUT2D eigenvalue weighted by atomic mass is 9.97. The Hall–Kier alpha value is -0.340. The maximum Gasteiger partial charge on any atom is 0.190 e. The molecule has 6 heteroatoms. The van der Waals surface area contributed by atoms with E-state index in [2.05, 4.69) is 58.8 Å². The molecule has 0 aliphatic carbocycles. The van der Waals surface area contributed by atoms with Gasteiger partial charge in [0.25, 0.3) is 0 Å². The first kappa shape index (κ1) is 23.7. The third-order valence-corrected chi connectivity index (χ3v) is 5.65. The van der Waals surface area contributed by atoms with E-state index in [0.717, 1.165) is 37.3 Å². The van der Waals surface area contributed by atoms with Gasteiger partial charge >= 0.3 is 0 Å². The van der Waals surface area contributed by atoms with Crippen molar-refractivity contribution in [3.63, 3.8) is 0 Å². The Bertz CT molecular complexity index is 504. The molecule has 1 fully saturated rings. The fourth-order valence-electron chi connectivity index (χ4n) is 3.58. The first-order chi connectivity index (χ1) is 12.1. The van der Waals surface area contributed by atoms with E-state index >= 15 is 0 Å². The molecule has 0 aromatic carbocycles. The van der Waals surface area contributed by atoms with Crippen LogP contribution in [0, 0.1) is 17.8 Å². The van der Waals surface area contributed by atoms with Gasteiger partial charge in [-0.1, -0.05) is 26.8 Å². The summed E-state index contributed by atoms with van der Waals surface area (Å²) in [5.74, 6) is 3.04. The van der Waals surface area contributed by atoms with Crippen LogP contribution in [0.15, 0.2) is 22.5 Å². The van der Waals surface area contributed by atoms with Crippen LogP contribution < -0.4 is 10.6 Å². The van der Waals surface area contributed by atoms with E-state index in [1.165, 1.54) is 37.4 Å². The van der Waals surface area contributed by atoms with Gasteiger partial charge in [0.2, 0.25) is 0 Å². The van der Waals surface area contributed by atoms with E-state index in [1.807, 2.05) is 18.4 Å². The zero-order valence-electron chi connectivity index (χ0n) is 16.8. The molecule has 150 valence electrons. The predicted molar refractivity (Wildman–Crippen MR) is 126 cm³/mol. The molecule has 1 saturated heterocycles. The molecule has 0 radical (unpaired) electrons. The molecule has 0 spiro atoms. The van der Waals surface area contributed by atoms with E-state index in [9.17, 15) is 0 Å². The lowest BCUT2D eigenvalue weighted by Gasteiger charge is -2.34. The predicted octanol–water partition coefficient (Wildman–Crippen LogP) is 4.08. The Morgan fingerprint density at radius 3 is 2.81 bits per heavy atom. The minimum atomic E-state index is 0. The summed E-state index contributed by atoms with van der Waals surface area (Å²) in [6.45, 7) is 12.6. The molecule has 1 aromatic heterocycles. The van der Waals surface area contributed by atoms with Crippen molar-refractivity contribution in [2.75, 3.05) is 39.8 Å². The van der Waals surface area contributed by atoms with E-state index < -0.39 is 0 Å². The van der Waals surface area contributed by atoms with Crippen molar-refractivity contribution in [2.45, 2.75) is 40.0 Å². The second kappa shape index (κ2) is 12.9. The van der Waals surface area contributed by atoms with Crippen molar-refractivity contribution in [2.24, 2.45) is 22.7 Å². The fraction of sp³-hybridized carbons (Fsp3) is 0.750. The van der Waals surface area contributed by atoms with Crippen molar-refractivity contribution in [3.8, 4) is 0 Å². The molecule has 26 heavy (non-hydrogen) atoms. The minimum absolute atomic E-state index is 0. The average molecular weight is 493 g/mol. The number of hydrogen-bond donors (Lipinski definition) is 2. The number of nitrogens with one attached hydrogen (secondary N) is 2. The van der Waals surface area contributed by atoms with E-state index in [-0.39, 0.29) is 24.0 Å². The van der Waals surface area contributed by atoms with Gasteiger partial charge in [0.1, 0.15) is 0 Å². The summed E-state index contributed by atoms with van der Waals surface area (Å²) < 4.78 is 0. The van der Waals surface area contributed by atoms with Crippen molar-refractivity contribution in [1.29, 1.82) is 0 Å². The van der Waals surface area contributed by atoms with E-state index in [1.54, 1.807) is 0 Å². The minimum Gasteiger partial charge on any atom is -0.356 e. The topological polar surface area (TPSA) is 39.7 Å². The monoisotopic (exact) mass is 492 g/mol. The number of likely N-dealkylation sites (tertiary alicyclic amines) is 1. The second-order valence-corrected chi connectivity index (χ2v) is 8.92. The van der Waals surface area contributed by atoms with Crippen LogP contribution >= 0.6 is 35.3 Å². The van der Waals surface area contributed by atoms with Crippen LogP contribution in [0.5, 0.6) is 0 Å². The smallest absolute Gasteiger partial charge is 0.190 e. The fourth-order valence-corrected chi connectivity index (χ4v) is 4.45. The summed E-state index contributed by atoms with van der Waals surface area (Å²) in [5, 5.41) is 9.19. The Kier molecular flexibility index (Phi) is 11.8. The molecule has 2 heterocycles. The lowest BCUT2D eigenvalue weighted by Crippen LogP contribution is -2.45. The highest BCUT2D eigenvalue weighted by Crippen LogP contribution is 2.17. The Morgan fingerprint density at radius 1 is 1.35 bits per heavy atom. The number of piperidine rings is 1. The molecule has 1 aliphatic rings. The van der Waals surface area contributed by atoms with Gasteiger partial charge in [-0.25, -0.2) is 0 Å². The van der Waals surface area contributed by atoms with Crippen LogP contribution in [0.4, 0.5) is 0 Å². The van der Waals surface area contributed by atoms with Gasteiger partial charge in [-0.2, -0.15) is 0 Å². The summed E-state index contributed by atoms with van der Waals surface area (Å²) in [4.78, 5) is 8.48. The molecule has 1 aromatic rings. The van der Waals surface area contributed by atoms with Crippen molar-refractivity contribution >= 4 is 41.3 Å². The van der Waals surface area contributed by atoms with Gasteiger partial charge in [0.15, 0.2) is 5.96 Å². The summed E-state index contributed by atoms with van der Waals surface area (Å²) in [7, 11) is 1.87. The molecule has 0 saturated carbocycles. The molecule has 1 aliphatic heterocycles. The van der Waals surface area contributed by atoms with Crippen LogP contribution in [-0.2, 0) is 6.42 Å². The van der Waals surface area contributed by atoms with Gasteiger partial charge in [-0.05, 0) is 55.0 Å². The summed E-state index contributed by atoms with van der Waals surface area (Å²) in [6, 6.07) is 4.35. The number of nitrogens with zero attached hydrogens (tertiary/aromatic N) is 2. The lowest BCUT2D eigenvalue weighted by molar-refractivity contribution is 0.159. The zero-order valence-corrected chi connectivity index (χ0v) is 20.0. The summed E-state index contributed by atoms with van der Waals surface area (Å²) in [5.41, 5.74) is 0. The first-order valence-corrected chi connectivity index (χ1v) is 10.6. The highest BCUT2D eigenvalue weighted by molar-refractivity contribution is 14.0. The van der Waals surface area contributed by atoms with Crippen LogP contribution in [0.3, 0.4) is 0 Å². The van der Waals surface area contributed by atoms with Crippen LogP contribution in [0.2, 0.25) is 0 Å². The zero-order chi connectivity index (χ0) is 18.1. The number of rotatable bonds is 8. The molecular weight excluding hydrogens is 455 g/mol. The highest BCUT2D eigenvalue weighted by atomic mass is 127. The highest BCUT2D eigenvalue weighted by Gasteiger charge is 2.20. The maximum absolute atomic E-state index is 4.39. The Labute approximate surface area is 181 Å². The second-order valence-electron chi connectivity index (χ2n) is 7.88. The quantitative estimate of drug-likeness (QED) is 0.327. The standard InChI is InChI=1S/C20H36N4S.HI/c1-16(2)14-24-9-5-7-18(15-24)13-23-20(21-4)22-12-17(3)11-19-8-6-10-25-19;/h6,8,10,16-18H,5,7,9,11-15H2,1-4H3,(H2,21,22,23);1H. The number of hydrogen-bond acceptors (Lipinski definition) is 3. The summed E-state index contributed by atoms with van der Waals surface area (Å²) >= 11 is 1.85. The van der Waals surface area contributed by atoms with Crippen LogP contribution in [0.25, 0.3) is 0 Å². The number of halogens is 1. The molecule has 0 amide bonds. The molecule has 2 rings (SSSR count). The largest absolute Gasteiger partial charge is 0.356 e. The normalized spacial score (nSPS) is 19.9.